The average Bonchev–Trinajstić information content (AvgIpc) is 3.36. The van der Waals surface area contributed by atoms with E-state index in [0.717, 1.165) is 5.69 Å². The molecular weight excluding hydrogens is 410 g/mol. The summed E-state index contributed by atoms with van der Waals surface area (Å²) in [7, 11) is 0. The van der Waals surface area contributed by atoms with Crippen molar-refractivity contribution in [2.45, 2.75) is 25.8 Å². The van der Waals surface area contributed by atoms with Gasteiger partial charge >= 0.3 is 5.97 Å². The van der Waals surface area contributed by atoms with Gasteiger partial charge in [-0.15, -0.1) is 5.10 Å². The number of aryl methyl sites for hydroxylation is 1. The second kappa shape index (κ2) is 7.75. The summed E-state index contributed by atoms with van der Waals surface area (Å²) < 4.78 is 7.97. The molecule has 0 saturated heterocycles. The fraction of sp³-hybridized carbons (Fsp3) is 0.250. The van der Waals surface area contributed by atoms with Crippen molar-refractivity contribution in [3.8, 4) is 16.8 Å². The number of nitrogens with two attached hydrogens (primary N) is 1. The Morgan fingerprint density at radius 3 is 2.80 bits per heavy atom. The van der Waals surface area contributed by atoms with Gasteiger partial charge in [0.25, 0.3) is 11.5 Å². The number of hydrogen-bond donors (Lipinski definition) is 1. The molecule has 1 aliphatic heterocycles. The summed E-state index contributed by atoms with van der Waals surface area (Å²) in [5, 5.41) is 8.18. The maximum absolute atomic E-state index is 12.9. The average molecular weight is 428 g/mol. The maximum Gasteiger partial charge on any atom is 0.329 e. The molecule has 0 aliphatic carbocycles. The van der Waals surface area contributed by atoms with Crippen molar-refractivity contribution in [1.29, 1.82) is 0 Å². The third-order valence-electron chi connectivity index (χ3n) is 4.95. The van der Waals surface area contributed by atoms with E-state index < -0.39 is 17.9 Å². The number of carbonyl (C=O) groups is 2. The molecule has 4 rings (SSSR count). The highest BCUT2D eigenvalue weighted by molar-refractivity contribution is 6.31. The van der Waals surface area contributed by atoms with Crippen LogP contribution in [0, 0.1) is 0 Å². The standard InChI is InChI=1S/C20H18ClN5O4/c1-2-30-20(29)17-6-4-13-7-11(8-18(27)26(13)17)14-9-12(21)3-5-16(14)25-10-15(19(22)28)23-24-25/h3,5,7-10,17H,2,4,6H2,1H3,(H2,22,28)/t17-/m0/s1. The SMILES string of the molecule is CCOC(=O)[C@@H]1CCc2cc(-c3cc(Cl)ccc3-n3cc(C(N)=O)nn3)cc(=O)n21. The largest absolute Gasteiger partial charge is 0.464 e. The van der Waals surface area contributed by atoms with Crippen LogP contribution in [0.2, 0.25) is 5.02 Å². The quantitative estimate of drug-likeness (QED) is 0.620. The zero-order valence-corrected chi connectivity index (χ0v) is 16.8. The molecule has 0 unspecified atom stereocenters. The number of carbonyl (C=O) groups excluding carboxylic acids is 2. The molecule has 10 heteroatoms. The summed E-state index contributed by atoms with van der Waals surface area (Å²) in [5.41, 5.74) is 7.52. The molecule has 3 aromatic rings. The Morgan fingerprint density at radius 1 is 1.30 bits per heavy atom. The summed E-state index contributed by atoms with van der Waals surface area (Å²) in [6.45, 7) is 1.99. The van der Waals surface area contributed by atoms with E-state index in [9.17, 15) is 14.4 Å². The number of aromatic nitrogens is 4. The van der Waals surface area contributed by atoms with Gasteiger partial charge in [0.15, 0.2) is 5.69 Å². The highest BCUT2D eigenvalue weighted by Crippen LogP contribution is 2.32. The molecule has 2 aromatic heterocycles. The third kappa shape index (κ3) is 3.48. The number of ether oxygens (including phenoxy) is 1. The minimum Gasteiger partial charge on any atom is -0.464 e. The van der Waals surface area contributed by atoms with Crippen LogP contribution in [0.4, 0.5) is 0 Å². The first-order chi connectivity index (χ1) is 14.4. The van der Waals surface area contributed by atoms with Gasteiger partial charge in [0, 0.05) is 22.3 Å². The van der Waals surface area contributed by atoms with E-state index in [4.69, 9.17) is 22.1 Å². The Labute approximate surface area is 176 Å². The van der Waals surface area contributed by atoms with Crippen molar-refractivity contribution in [2.24, 2.45) is 5.73 Å². The summed E-state index contributed by atoms with van der Waals surface area (Å²) in [4.78, 5) is 36.4. The van der Waals surface area contributed by atoms with Crippen molar-refractivity contribution in [1.82, 2.24) is 19.6 Å². The van der Waals surface area contributed by atoms with Gasteiger partial charge in [0.05, 0.1) is 18.5 Å². The highest BCUT2D eigenvalue weighted by Gasteiger charge is 2.31. The summed E-state index contributed by atoms with van der Waals surface area (Å²) >= 11 is 6.20. The summed E-state index contributed by atoms with van der Waals surface area (Å²) in [5.74, 6) is -1.10. The molecular formula is C20H18ClN5O4. The van der Waals surface area contributed by atoms with Gasteiger partial charge in [-0.1, -0.05) is 16.8 Å². The van der Waals surface area contributed by atoms with E-state index in [2.05, 4.69) is 10.3 Å². The number of hydrogen-bond acceptors (Lipinski definition) is 6. The van der Waals surface area contributed by atoms with Crippen molar-refractivity contribution < 1.29 is 14.3 Å². The Balaban J connectivity index is 1.81. The van der Waals surface area contributed by atoms with Gasteiger partial charge < -0.3 is 10.5 Å². The van der Waals surface area contributed by atoms with Crippen LogP contribution >= 0.6 is 11.6 Å². The first-order valence-electron chi connectivity index (χ1n) is 9.33. The lowest BCUT2D eigenvalue weighted by Crippen LogP contribution is -2.28. The number of amides is 1. The monoisotopic (exact) mass is 427 g/mol. The van der Waals surface area contributed by atoms with E-state index >= 15 is 0 Å². The van der Waals surface area contributed by atoms with E-state index in [1.54, 1.807) is 25.1 Å². The van der Waals surface area contributed by atoms with Crippen LogP contribution < -0.4 is 11.3 Å². The summed E-state index contributed by atoms with van der Waals surface area (Å²) in [6, 6.07) is 7.76. The van der Waals surface area contributed by atoms with Crippen LogP contribution in [-0.2, 0) is 16.0 Å². The molecule has 0 spiro atoms. The first-order valence-corrected chi connectivity index (χ1v) is 9.71. The number of halogens is 1. The molecule has 3 heterocycles. The molecule has 154 valence electrons. The normalized spacial score (nSPS) is 15.1. The van der Waals surface area contributed by atoms with Gasteiger partial charge in [0.2, 0.25) is 0 Å². The zero-order chi connectivity index (χ0) is 21.4. The van der Waals surface area contributed by atoms with Gasteiger partial charge in [-0.05, 0) is 49.6 Å². The minimum absolute atomic E-state index is 0.0159. The van der Waals surface area contributed by atoms with Crippen LogP contribution in [0.3, 0.4) is 0 Å². The predicted molar refractivity (Wildman–Crippen MR) is 109 cm³/mol. The van der Waals surface area contributed by atoms with Gasteiger partial charge in [0.1, 0.15) is 6.04 Å². The van der Waals surface area contributed by atoms with E-state index in [-0.39, 0.29) is 17.9 Å². The van der Waals surface area contributed by atoms with Crippen molar-refractivity contribution in [2.75, 3.05) is 6.61 Å². The van der Waals surface area contributed by atoms with Crippen molar-refractivity contribution >= 4 is 23.5 Å². The van der Waals surface area contributed by atoms with Crippen molar-refractivity contribution in [3.05, 3.63) is 63.3 Å². The second-order valence-corrected chi connectivity index (χ2v) is 7.26. The van der Waals surface area contributed by atoms with Crippen LogP contribution in [0.25, 0.3) is 16.8 Å². The number of nitrogens with zero attached hydrogens (tertiary/aromatic N) is 4. The number of benzene rings is 1. The molecule has 0 fully saturated rings. The third-order valence-corrected chi connectivity index (χ3v) is 5.19. The molecule has 1 atom stereocenters. The molecule has 2 N–H and O–H groups in total. The highest BCUT2D eigenvalue weighted by atomic mass is 35.5. The molecule has 0 bridgehead atoms. The molecule has 1 aromatic carbocycles. The van der Waals surface area contributed by atoms with E-state index in [1.165, 1.54) is 21.5 Å². The number of rotatable bonds is 5. The predicted octanol–water partition coefficient (Wildman–Crippen LogP) is 1.90. The Hall–Kier alpha value is -3.46. The van der Waals surface area contributed by atoms with Crippen LogP contribution in [0.15, 0.2) is 41.3 Å². The van der Waals surface area contributed by atoms with Crippen LogP contribution in [-0.4, -0.2) is 38.0 Å². The van der Waals surface area contributed by atoms with Gasteiger partial charge in [-0.25, -0.2) is 9.48 Å². The molecule has 0 radical (unpaired) electrons. The smallest absolute Gasteiger partial charge is 0.329 e. The summed E-state index contributed by atoms with van der Waals surface area (Å²) in [6.07, 6.45) is 2.48. The van der Waals surface area contributed by atoms with Gasteiger partial charge in [-0.2, -0.15) is 0 Å². The molecule has 0 saturated carbocycles. The Bertz CT molecular complexity index is 1220. The van der Waals surface area contributed by atoms with Crippen molar-refractivity contribution in [3.63, 3.8) is 0 Å². The van der Waals surface area contributed by atoms with E-state index in [1.807, 2.05) is 6.07 Å². The number of pyridine rings is 1. The lowest BCUT2D eigenvalue weighted by atomic mass is 10.0. The first kappa shape index (κ1) is 19.8. The molecule has 1 amide bonds. The lowest BCUT2D eigenvalue weighted by Gasteiger charge is -2.15. The van der Waals surface area contributed by atoms with Crippen LogP contribution in [0.5, 0.6) is 0 Å². The molecule has 9 nitrogen and oxygen atoms in total. The topological polar surface area (TPSA) is 122 Å². The Morgan fingerprint density at radius 2 is 2.10 bits per heavy atom. The minimum atomic E-state index is -0.697. The number of primary amides is 1. The van der Waals surface area contributed by atoms with Crippen LogP contribution in [0.1, 0.15) is 35.6 Å². The molecule has 30 heavy (non-hydrogen) atoms. The number of esters is 1. The zero-order valence-electron chi connectivity index (χ0n) is 16.0. The van der Waals surface area contributed by atoms with E-state index in [0.29, 0.717) is 34.7 Å². The number of fused-ring (bicyclic) bond motifs is 1. The Kier molecular flexibility index (Phi) is 5.13. The van der Waals surface area contributed by atoms with Gasteiger partial charge in [-0.3, -0.25) is 14.2 Å². The fourth-order valence-electron chi connectivity index (χ4n) is 3.65. The lowest BCUT2D eigenvalue weighted by molar-refractivity contribution is -0.147. The molecule has 1 aliphatic rings. The maximum atomic E-state index is 12.9. The second-order valence-electron chi connectivity index (χ2n) is 6.82. The fourth-order valence-corrected chi connectivity index (χ4v) is 3.82.